The number of hydrogen-bond donors (Lipinski definition) is 0. The summed E-state index contributed by atoms with van der Waals surface area (Å²) in [6, 6.07) is 8.40. The minimum absolute atomic E-state index is 0. The van der Waals surface area contributed by atoms with E-state index < -0.39 is 7.82 Å². The topological polar surface area (TPSA) is 211 Å². The maximum absolute atomic E-state index is 10.3. The molecule has 0 aromatic heterocycles. The number of phosphoric ester groups is 1. The van der Waals surface area contributed by atoms with Crippen LogP contribution in [0.25, 0.3) is 0 Å². The predicted octanol–water partition coefficient (Wildman–Crippen LogP) is -3.09. The molecule has 0 spiro atoms. The average molecular weight is 991 g/mol. The number of phosphoric acid groups is 1. The van der Waals surface area contributed by atoms with Gasteiger partial charge in [-0.3, -0.25) is 0 Å². The first kappa shape index (κ1) is 68.6. The molecule has 1 aromatic rings. The van der Waals surface area contributed by atoms with Crippen molar-refractivity contribution in [3.8, 4) is 5.75 Å². The van der Waals surface area contributed by atoms with E-state index in [1.54, 1.807) is 0 Å². The van der Waals surface area contributed by atoms with E-state index in [2.05, 4.69) is 30.5 Å². The van der Waals surface area contributed by atoms with E-state index in [1.165, 1.54) is 31.2 Å². The molecule has 1 aromatic carbocycles. The van der Waals surface area contributed by atoms with Gasteiger partial charge in [0.05, 0.1) is 199 Å². The Hall–Kier alpha value is 0.570. The van der Waals surface area contributed by atoms with Crippen molar-refractivity contribution in [3.05, 3.63) is 29.8 Å². The SMILES string of the molecule is CC(C)CCCCCc1ccc(OCCOCCOCCOCCOCCOCCOCCOCCOCCOCCOCCOCCOCCOCCOCCOP(=O)([O-])[O-])cc1.[Na+].[Na+]. The van der Waals surface area contributed by atoms with Crippen LogP contribution in [-0.4, -0.2) is 198 Å². The first-order chi connectivity index (χ1) is 31.4. The molecule has 0 aliphatic heterocycles. The summed E-state index contributed by atoms with van der Waals surface area (Å²) in [6.07, 6.45) is 6.30. The molecule has 1 rings (SSSR count). The number of benzene rings is 1. The van der Waals surface area contributed by atoms with E-state index in [-0.39, 0.29) is 78.9 Å². The van der Waals surface area contributed by atoms with Crippen LogP contribution in [-0.2, 0) is 81.8 Å². The Balaban J connectivity index is 0. The summed E-state index contributed by atoms with van der Waals surface area (Å²) >= 11 is 0. The summed E-state index contributed by atoms with van der Waals surface area (Å²) in [5.41, 5.74) is 1.36. The van der Waals surface area contributed by atoms with Crippen LogP contribution >= 0.6 is 7.82 Å². The van der Waals surface area contributed by atoms with Crippen molar-refractivity contribution in [1.82, 2.24) is 0 Å². The maximum atomic E-state index is 10.3. The molecule has 0 bridgehead atoms. The fraction of sp³-hybridized carbons (Fsp3) is 0.864. The van der Waals surface area contributed by atoms with Crippen molar-refractivity contribution in [2.45, 2.75) is 46.0 Å². The second kappa shape index (κ2) is 54.9. The molecule has 66 heavy (non-hydrogen) atoms. The van der Waals surface area contributed by atoms with Crippen LogP contribution in [0.15, 0.2) is 24.3 Å². The number of aryl methyl sites for hydroxylation is 1. The van der Waals surface area contributed by atoms with E-state index >= 15 is 0 Å². The summed E-state index contributed by atoms with van der Waals surface area (Å²) < 4.78 is 96.4. The molecule has 0 amide bonds. The quantitative estimate of drug-likeness (QED) is 0.0360. The van der Waals surface area contributed by atoms with E-state index in [1.807, 2.05) is 12.1 Å². The van der Waals surface area contributed by atoms with Crippen molar-refractivity contribution in [2.75, 3.05) is 198 Å². The Morgan fingerprint density at radius 2 is 0.636 bits per heavy atom. The van der Waals surface area contributed by atoms with Gasteiger partial charge in [0.1, 0.15) is 12.4 Å². The summed E-state index contributed by atoms with van der Waals surface area (Å²) in [6.45, 7) is 17.2. The van der Waals surface area contributed by atoms with E-state index in [9.17, 15) is 14.4 Å². The zero-order valence-electron chi connectivity index (χ0n) is 40.8. The Kier molecular flexibility index (Phi) is 57.1. The Labute approximate surface area is 439 Å². The molecule has 0 fully saturated rings. The Morgan fingerprint density at radius 1 is 0.379 bits per heavy atom. The number of hydrogen-bond acceptors (Lipinski definition) is 19. The van der Waals surface area contributed by atoms with Crippen LogP contribution in [0.3, 0.4) is 0 Å². The molecule has 0 aliphatic rings. The fourth-order valence-corrected chi connectivity index (χ4v) is 5.50. The zero-order chi connectivity index (χ0) is 46.1. The predicted molar refractivity (Wildman–Crippen MR) is 234 cm³/mol. The average Bonchev–Trinajstić information content (AvgIpc) is 3.27. The molecular formula is C44H81Na2O19P. The number of rotatable bonds is 53. The van der Waals surface area contributed by atoms with Gasteiger partial charge in [0.25, 0.3) is 0 Å². The normalized spacial score (nSPS) is 11.6. The molecule has 0 N–H and O–H groups in total. The molecule has 0 radical (unpaired) electrons. The first-order valence-electron chi connectivity index (χ1n) is 22.8. The Morgan fingerprint density at radius 3 is 0.894 bits per heavy atom. The molecule has 0 unspecified atom stereocenters. The van der Waals surface area contributed by atoms with E-state index in [4.69, 9.17) is 71.1 Å². The second-order valence-electron chi connectivity index (χ2n) is 14.3. The van der Waals surface area contributed by atoms with Gasteiger partial charge in [-0.25, -0.2) is 0 Å². The van der Waals surface area contributed by atoms with E-state index in [0.717, 1.165) is 18.1 Å². The van der Waals surface area contributed by atoms with E-state index in [0.29, 0.717) is 178 Å². The monoisotopic (exact) mass is 990 g/mol. The standard InChI is InChI=1S/C44H83O19P.2Na/c1-42(2)6-4-3-5-7-43-8-10-44(11-9-43)62-40-38-60-36-34-58-32-30-56-28-26-54-24-22-52-20-18-50-16-14-48-12-13-49-15-17-51-19-21-53-23-25-55-27-29-57-31-33-59-35-37-61-39-41-63-64(45,46)47;;/h8-11,42H,3-7,12-41H2,1-2H3,(H2,45,46,47);;/q;2*+1/p-2. The van der Waals surface area contributed by atoms with Crippen LogP contribution in [0.1, 0.15) is 45.1 Å². The Bertz CT molecular complexity index is 1130. The molecule has 19 nitrogen and oxygen atoms in total. The largest absolute Gasteiger partial charge is 1.00 e. The van der Waals surface area contributed by atoms with Gasteiger partial charge in [-0.2, -0.15) is 0 Å². The van der Waals surface area contributed by atoms with Crippen molar-refractivity contribution >= 4 is 7.82 Å². The number of unbranched alkanes of at least 4 members (excludes halogenated alkanes) is 2. The first-order valence-corrected chi connectivity index (χ1v) is 24.3. The van der Waals surface area contributed by atoms with Gasteiger partial charge >= 0.3 is 59.1 Å². The fourth-order valence-electron chi connectivity index (χ4n) is 5.20. The van der Waals surface area contributed by atoms with Crippen LogP contribution in [0.5, 0.6) is 5.75 Å². The van der Waals surface area contributed by atoms with Gasteiger partial charge in [0.2, 0.25) is 0 Å². The van der Waals surface area contributed by atoms with Gasteiger partial charge in [0, 0.05) is 0 Å². The van der Waals surface area contributed by atoms with Crippen LogP contribution in [0.4, 0.5) is 0 Å². The third kappa shape index (κ3) is 55.5. The van der Waals surface area contributed by atoms with Gasteiger partial charge in [-0.05, 0) is 36.5 Å². The molecule has 0 aliphatic carbocycles. The molecule has 378 valence electrons. The van der Waals surface area contributed by atoms with Crippen molar-refractivity contribution < 1.29 is 149 Å². The third-order valence-corrected chi connectivity index (χ3v) is 8.98. The van der Waals surface area contributed by atoms with Crippen molar-refractivity contribution in [2.24, 2.45) is 5.92 Å². The maximum Gasteiger partial charge on any atom is 1.00 e. The molecule has 0 heterocycles. The minimum atomic E-state index is -4.95. The molecule has 0 atom stereocenters. The second-order valence-corrected chi connectivity index (χ2v) is 15.5. The van der Waals surface area contributed by atoms with Gasteiger partial charge in [-0.15, -0.1) is 0 Å². The van der Waals surface area contributed by atoms with Gasteiger partial charge in [-0.1, -0.05) is 45.2 Å². The van der Waals surface area contributed by atoms with Crippen molar-refractivity contribution in [3.63, 3.8) is 0 Å². The summed E-state index contributed by atoms with van der Waals surface area (Å²) in [5, 5.41) is 0. The smallest absolute Gasteiger partial charge is 0.790 e. The molecule has 22 heteroatoms. The summed E-state index contributed by atoms with van der Waals surface area (Å²) in [5.74, 6) is 1.67. The molecule has 0 saturated heterocycles. The van der Waals surface area contributed by atoms with Crippen LogP contribution in [0, 0.1) is 5.92 Å². The van der Waals surface area contributed by atoms with Gasteiger partial charge in [0.15, 0.2) is 0 Å². The minimum Gasteiger partial charge on any atom is -0.790 e. The zero-order valence-corrected chi connectivity index (χ0v) is 45.7. The summed E-state index contributed by atoms with van der Waals surface area (Å²) in [7, 11) is -4.95. The third-order valence-electron chi connectivity index (χ3n) is 8.48. The van der Waals surface area contributed by atoms with Gasteiger partial charge < -0.3 is 89.9 Å². The molecule has 0 saturated carbocycles. The van der Waals surface area contributed by atoms with Crippen LogP contribution < -0.4 is 73.6 Å². The summed E-state index contributed by atoms with van der Waals surface area (Å²) in [4.78, 5) is 20.6. The number of ether oxygens (including phenoxy) is 15. The van der Waals surface area contributed by atoms with Crippen LogP contribution in [0.2, 0.25) is 0 Å². The molecular weight excluding hydrogens is 909 g/mol. The van der Waals surface area contributed by atoms with Crippen molar-refractivity contribution in [1.29, 1.82) is 0 Å².